The molecule has 0 aliphatic rings. The molecule has 1 heterocycles. The maximum atomic E-state index is 13.3. The highest BCUT2D eigenvalue weighted by molar-refractivity contribution is 6.31. The van der Waals surface area contributed by atoms with Gasteiger partial charge in [0.1, 0.15) is 6.04 Å². The molecule has 0 bridgehead atoms. The van der Waals surface area contributed by atoms with Crippen molar-refractivity contribution < 1.29 is 5.32 Å². The van der Waals surface area contributed by atoms with Gasteiger partial charge in [-0.2, -0.15) is 0 Å². The van der Waals surface area contributed by atoms with Crippen LogP contribution in [0.3, 0.4) is 0 Å². The summed E-state index contributed by atoms with van der Waals surface area (Å²) in [4.78, 5) is 18.1. The molecule has 1 atom stereocenters. The Hall–Kier alpha value is -2.17. The molecule has 0 spiro atoms. The quantitative estimate of drug-likeness (QED) is 0.697. The molecule has 0 aliphatic heterocycles. The number of hydrogen-bond acceptors (Lipinski definition) is 2. The van der Waals surface area contributed by atoms with Crippen LogP contribution in [0.1, 0.15) is 44.6 Å². The number of hydrogen-bond donors (Lipinski definition) is 1. The highest BCUT2D eigenvalue weighted by Gasteiger charge is 2.20. The Kier molecular flexibility index (Phi) is 5.98. The highest BCUT2D eigenvalue weighted by atomic mass is 35.5. The minimum Gasteiger partial charge on any atom is -0.338 e. The van der Waals surface area contributed by atoms with Crippen molar-refractivity contribution in [3.8, 4) is 5.69 Å². The zero-order valence-corrected chi connectivity index (χ0v) is 17.1. The van der Waals surface area contributed by atoms with E-state index in [-0.39, 0.29) is 11.6 Å². The van der Waals surface area contributed by atoms with Gasteiger partial charge in [-0.15, -0.1) is 0 Å². The van der Waals surface area contributed by atoms with E-state index in [9.17, 15) is 4.79 Å². The molecule has 0 fully saturated rings. The Bertz CT molecular complexity index is 993. The molecule has 0 amide bonds. The number of quaternary nitrogens is 1. The molecule has 142 valence electrons. The molecule has 2 N–H and O–H groups in total. The van der Waals surface area contributed by atoms with Gasteiger partial charge in [0.25, 0.3) is 5.56 Å². The van der Waals surface area contributed by atoms with Crippen LogP contribution in [0.4, 0.5) is 0 Å². The normalized spacial score (nSPS) is 12.7. The average Bonchev–Trinajstić information content (AvgIpc) is 2.62. The summed E-state index contributed by atoms with van der Waals surface area (Å²) in [5.74, 6) is 1.40. The number of nitrogens with two attached hydrogens (primary N) is 1. The van der Waals surface area contributed by atoms with Gasteiger partial charge in [0, 0.05) is 5.02 Å². The van der Waals surface area contributed by atoms with E-state index in [1.807, 2.05) is 31.2 Å². The number of rotatable bonds is 6. The van der Waals surface area contributed by atoms with Crippen LogP contribution in [-0.2, 0) is 0 Å². The van der Waals surface area contributed by atoms with Crippen molar-refractivity contribution >= 4 is 22.5 Å². The van der Waals surface area contributed by atoms with Crippen molar-refractivity contribution in [1.29, 1.82) is 0 Å². The lowest BCUT2D eigenvalue weighted by molar-refractivity contribution is -0.694. The fraction of sp³-hybridized carbons (Fsp3) is 0.364. The summed E-state index contributed by atoms with van der Waals surface area (Å²) in [5.41, 5.74) is 2.59. The Balaban J connectivity index is 2.14. The van der Waals surface area contributed by atoms with E-state index in [1.54, 1.807) is 22.8 Å². The lowest BCUT2D eigenvalue weighted by Crippen LogP contribution is -2.85. The van der Waals surface area contributed by atoms with Gasteiger partial charge in [0.15, 0.2) is 5.82 Å². The summed E-state index contributed by atoms with van der Waals surface area (Å²) in [6, 6.07) is 13.3. The van der Waals surface area contributed by atoms with Crippen molar-refractivity contribution in [2.75, 3.05) is 6.54 Å². The number of fused-ring (bicyclic) bond motifs is 1. The second-order valence-corrected chi connectivity index (χ2v) is 8.04. The zero-order chi connectivity index (χ0) is 19.6. The van der Waals surface area contributed by atoms with Crippen molar-refractivity contribution in [2.45, 2.75) is 40.2 Å². The molecule has 0 radical (unpaired) electrons. The summed E-state index contributed by atoms with van der Waals surface area (Å²) in [6.07, 6.45) is 1.12. The van der Waals surface area contributed by atoms with E-state index in [0.29, 0.717) is 21.8 Å². The predicted octanol–water partition coefficient (Wildman–Crippen LogP) is 4.02. The molecular formula is C22H27ClN3O+. The van der Waals surface area contributed by atoms with Crippen molar-refractivity contribution in [3.05, 3.63) is 69.2 Å². The standard InChI is InChI=1S/C22H26ClN3O/c1-14(2)11-12-24-16(4)21-25-20-13-17(23)7-10-19(20)22(27)26(21)18-8-5-15(3)6-9-18/h5-10,13-14,16,24H,11-12H2,1-4H3/p+1/t16-/m0/s1. The van der Waals surface area contributed by atoms with Gasteiger partial charge in [0.05, 0.1) is 23.1 Å². The fourth-order valence-corrected chi connectivity index (χ4v) is 3.38. The molecule has 0 saturated heterocycles. The van der Waals surface area contributed by atoms with Crippen molar-refractivity contribution in [2.24, 2.45) is 5.92 Å². The molecule has 5 heteroatoms. The van der Waals surface area contributed by atoms with E-state index in [1.165, 1.54) is 0 Å². The number of benzene rings is 2. The number of nitrogens with zero attached hydrogens (tertiary/aromatic N) is 2. The largest absolute Gasteiger partial charge is 0.338 e. The third-order valence-corrected chi connectivity index (χ3v) is 5.06. The van der Waals surface area contributed by atoms with E-state index in [2.05, 4.69) is 26.1 Å². The van der Waals surface area contributed by atoms with Crippen molar-refractivity contribution in [3.63, 3.8) is 0 Å². The van der Waals surface area contributed by atoms with Crippen LogP contribution in [0.25, 0.3) is 16.6 Å². The predicted molar refractivity (Wildman–Crippen MR) is 112 cm³/mol. The van der Waals surface area contributed by atoms with Crippen LogP contribution < -0.4 is 10.9 Å². The highest BCUT2D eigenvalue weighted by Crippen LogP contribution is 2.19. The van der Waals surface area contributed by atoms with Gasteiger partial charge in [-0.25, -0.2) is 4.98 Å². The third-order valence-electron chi connectivity index (χ3n) is 4.82. The lowest BCUT2D eigenvalue weighted by atomic mass is 10.1. The van der Waals surface area contributed by atoms with Crippen LogP contribution in [0, 0.1) is 12.8 Å². The van der Waals surface area contributed by atoms with Gasteiger partial charge < -0.3 is 5.32 Å². The fourth-order valence-electron chi connectivity index (χ4n) is 3.21. The van der Waals surface area contributed by atoms with Gasteiger partial charge in [-0.1, -0.05) is 43.1 Å². The third kappa shape index (κ3) is 4.40. The summed E-state index contributed by atoms with van der Waals surface area (Å²) < 4.78 is 1.74. The molecule has 3 aromatic rings. The first-order chi connectivity index (χ1) is 12.9. The van der Waals surface area contributed by atoms with Crippen molar-refractivity contribution in [1.82, 2.24) is 9.55 Å². The molecule has 27 heavy (non-hydrogen) atoms. The Morgan fingerprint density at radius 3 is 2.48 bits per heavy atom. The van der Waals surface area contributed by atoms with Gasteiger partial charge in [-0.3, -0.25) is 9.36 Å². The Labute approximate surface area is 165 Å². The lowest BCUT2D eigenvalue weighted by Gasteiger charge is -2.18. The summed E-state index contributed by atoms with van der Waals surface area (Å²) in [5, 5.41) is 3.42. The van der Waals surface area contributed by atoms with E-state index < -0.39 is 0 Å². The first-order valence-electron chi connectivity index (χ1n) is 9.49. The summed E-state index contributed by atoms with van der Waals surface area (Å²) >= 11 is 6.14. The zero-order valence-electron chi connectivity index (χ0n) is 16.4. The second kappa shape index (κ2) is 8.24. The van der Waals surface area contributed by atoms with Crippen LogP contribution in [-0.4, -0.2) is 16.1 Å². The molecule has 0 aliphatic carbocycles. The van der Waals surface area contributed by atoms with Crippen LogP contribution in [0.5, 0.6) is 0 Å². The van der Waals surface area contributed by atoms with E-state index >= 15 is 0 Å². The minimum absolute atomic E-state index is 0.0559. The van der Waals surface area contributed by atoms with Gasteiger partial charge in [0.2, 0.25) is 0 Å². The second-order valence-electron chi connectivity index (χ2n) is 7.60. The van der Waals surface area contributed by atoms with Gasteiger partial charge in [-0.05, 0) is 56.5 Å². The maximum absolute atomic E-state index is 13.3. The SMILES string of the molecule is Cc1ccc(-n2c([C@H](C)[NH2+]CCC(C)C)nc3cc(Cl)ccc3c2=O)cc1. The number of aryl methyl sites for hydroxylation is 1. The van der Waals surface area contributed by atoms with Gasteiger partial charge >= 0.3 is 0 Å². The van der Waals surface area contributed by atoms with Crippen LogP contribution in [0.15, 0.2) is 47.3 Å². The monoisotopic (exact) mass is 384 g/mol. The summed E-state index contributed by atoms with van der Waals surface area (Å²) in [7, 11) is 0. The molecular weight excluding hydrogens is 358 g/mol. The molecule has 4 nitrogen and oxygen atoms in total. The number of halogens is 1. The first-order valence-corrected chi connectivity index (χ1v) is 9.87. The van der Waals surface area contributed by atoms with E-state index in [0.717, 1.165) is 30.0 Å². The van der Waals surface area contributed by atoms with Crippen LogP contribution >= 0.6 is 11.6 Å². The topological polar surface area (TPSA) is 51.5 Å². The average molecular weight is 385 g/mol. The molecule has 3 rings (SSSR count). The first kappa shape index (κ1) is 19.6. The minimum atomic E-state index is -0.0559. The molecule has 0 unspecified atom stereocenters. The van der Waals surface area contributed by atoms with Crippen LogP contribution in [0.2, 0.25) is 5.02 Å². The Morgan fingerprint density at radius 1 is 1.11 bits per heavy atom. The molecule has 0 saturated carbocycles. The van der Waals surface area contributed by atoms with E-state index in [4.69, 9.17) is 16.6 Å². The molecule has 2 aromatic carbocycles. The smallest absolute Gasteiger partial charge is 0.266 e. The Morgan fingerprint density at radius 2 is 1.81 bits per heavy atom. The molecule has 1 aromatic heterocycles. The maximum Gasteiger partial charge on any atom is 0.266 e. The number of aromatic nitrogens is 2. The summed E-state index contributed by atoms with van der Waals surface area (Å²) in [6.45, 7) is 9.57.